The number of hydrogen-bond acceptors (Lipinski definition) is 4. The minimum atomic E-state index is 0.323. The van der Waals surface area contributed by atoms with Gasteiger partial charge in [0.2, 0.25) is 0 Å². The molecule has 0 radical (unpaired) electrons. The minimum absolute atomic E-state index is 0.323. The second-order valence-electron chi connectivity index (χ2n) is 3.99. The summed E-state index contributed by atoms with van der Waals surface area (Å²) in [5, 5.41) is 9.97. The highest BCUT2D eigenvalue weighted by molar-refractivity contribution is 14.1. The molecule has 0 aliphatic rings. The standard InChI is InChI=1S/C12H17IN4S/c1-3-14-10(9-5-11(13)18-7-9)6-12-15-8-16-17(12)4-2/h5,7-8,10,14H,3-4,6H2,1-2H3. The summed E-state index contributed by atoms with van der Waals surface area (Å²) < 4.78 is 3.28. The average Bonchev–Trinajstić information content (AvgIpc) is 2.97. The normalized spacial score (nSPS) is 12.8. The van der Waals surface area contributed by atoms with Gasteiger partial charge >= 0.3 is 0 Å². The van der Waals surface area contributed by atoms with Gasteiger partial charge in [0.25, 0.3) is 0 Å². The summed E-state index contributed by atoms with van der Waals surface area (Å²) in [6, 6.07) is 2.56. The minimum Gasteiger partial charge on any atom is -0.310 e. The zero-order valence-electron chi connectivity index (χ0n) is 10.6. The Bertz CT molecular complexity index is 494. The molecule has 2 rings (SSSR count). The van der Waals surface area contributed by atoms with Gasteiger partial charge in [-0.2, -0.15) is 5.10 Å². The highest BCUT2D eigenvalue weighted by Gasteiger charge is 2.15. The summed E-state index contributed by atoms with van der Waals surface area (Å²) in [4.78, 5) is 4.35. The Morgan fingerprint density at radius 3 is 2.94 bits per heavy atom. The van der Waals surface area contributed by atoms with Gasteiger partial charge < -0.3 is 5.32 Å². The predicted molar refractivity (Wildman–Crippen MR) is 82.9 cm³/mol. The molecular formula is C12H17IN4S. The van der Waals surface area contributed by atoms with Crippen LogP contribution in [0.25, 0.3) is 0 Å². The van der Waals surface area contributed by atoms with Crippen LogP contribution in [0.5, 0.6) is 0 Å². The number of thiophene rings is 1. The Hall–Kier alpha value is -0.470. The number of hydrogen-bond donors (Lipinski definition) is 1. The van der Waals surface area contributed by atoms with Crippen molar-refractivity contribution in [2.24, 2.45) is 0 Å². The topological polar surface area (TPSA) is 42.7 Å². The van der Waals surface area contributed by atoms with Crippen molar-refractivity contribution >= 4 is 33.9 Å². The first-order chi connectivity index (χ1) is 8.74. The molecule has 2 heterocycles. The van der Waals surface area contributed by atoms with Crippen molar-refractivity contribution in [1.29, 1.82) is 0 Å². The molecule has 1 N–H and O–H groups in total. The van der Waals surface area contributed by atoms with E-state index in [0.717, 1.165) is 25.3 Å². The van der Waals surface area contributed by atoms with Crippen LogP contribution in [-0.2, 0) is 13.0 Å². The second kappa shape index (κ2) is 6.63. The lowest BCUT2D eigenvalue weighted by Gasteiger charge is -2.16. The van der Waals surface area contributed by atoms with Crippen molar-refractivity contribution in [2.45, 2.75) is 32.9 Å². The number of rotatable bonds is 6. The SMILES string of the molecule is CCNC(Cc1ncnn1CC)c1csc(I)c1. The molecule has 1 unspecified atom stereocenters. The Kier molecular flexibility index (Phi) is 5.13. The molecule has 0 aliphatic carbocycles. The van der Waals surface area contributed by atoms with Crippen LogP contribution in [0.15, 0.2) is 17.8 Å². The number of aryl methyl sites for hydroxylation is 1. The van der Waals surface area contributed by atoms with E-state index in [1.54, 1.807) is 17.7 Å². The molecule has 0 amide bonds. The summed E-state index contributed by atoms with van der Waals surface area (Å²) in [7, 11) is 0. The van der Waals surface area contributed by atoms with Crippen molar-refractivity contribution in [2.75, 3.05) is 6.54 Å². The predicted octanol–water partition coefficient (Wildman–Crippen LogP) is 2.86. The van der Waals surface area contributed by atoms with Crippen molar-refractivity contribution in [3.63, 3.8) is 0 Å². The fraction of sp³-hybridized carbons (Fsp3) is 0.500. The van der Waals surface area contributed by atoms with E-state index in [1.807, 2.05) is 4.68 Å². The van der Waals surface area contributed by atoms with E-state index in [0.29, 0.717) is 6.04 Å². The number of aromatic nitrogens is 3. The van der Waals surface area contributed by atoms with Crippen LogP contribution in [0, 0.1) is 2.88 Å². The van der Waals surface area contributed by atoms with Gasteiger partial charge in [0.05, 0.1) is 2.88 Å². The van der Waals surface area contributed by atoms with Crippen molar-refractivity contribution in [1.82, 2.24) is 20.1 Å². The van der Waals surface area contributed by atoms with Crippen molar-refractivity contribution in [3.8, 4) is 0 Å². The van der Waals surface area contributed by atoms with Crippen molar-refractivity contribution in [3.05, 3.63) is 32.0 Å². The lowest BCUT2D eigenvalue weighted by Crippen LogP contribution is -2.24. The Balaban J connectivity index is 2.16. The van der Waals surface area contributed by atoms with E-state index in [9.17, 15) is 0 Å². The second-order valence-corrected chi connectivity index (χ2v) is 6.80. The average molecular weight is 376 g/mol. The van der Waals surface area contributed by atoms with Gasteiger partial charge in [0.15, 0.2) is 0 Å². The molecular weight excluding hydrogens is 359 g/mol. The molecule has 2 aromatic rings. The van der Waals surface area contributed by atoms with Crippen molar-refractivity contribution < 1.29 is 0 Å². The van der Waals surface area contributed by atoms with Gasteiger partial charge in [-0.05, 0) is 53.1 Å². The molecule has 0 aliphatic heterocycles. The van der Waals surface area contributed by atoms with Gasteiger partial charge in [-0.25, -0.2) is 4.98 Å². The quantitative estimate of drug-likeness (QED) is 0.789. The first kappa shape index (κ1) is 14.0. The van der Waals surface area contributed by atoms with Gasteiger partial charge in [-0.3, -0.25) is 4.68 Å². The molecule has 1 atom stereocenters. The van der Waals surface area contributed by atoms with Gasteiger partial charge in [-0.15, -0.1) is 11.3 Å². The fourth-order valence-corrected chi connectivity index (χ4v) is 3.38. The fourth-order valence-electron chi connectivity index (χ4n) is 1.95. The molecule has 6 heteroatoms. The Morgan fingerprint density at radius 1 is 1.50 bits per heavy atom. The maximum Gasteiger partial charge on any atom is 0.138 e. The Labute approximate surface area is 125 Å². The zero-order valence-corrected chi connectivity index (χ0v) is 13.5. The number of nitrogens with one attached hydrogen (secondary N) is 1. The van der Waals surface area contributed by atoms with Gasteiger partial charge in [-0.1, -0.05) is 6.92 Å². The number of halogens is 1. The lowest BCUT2D eigenvalue weighted by molar-refractivity contribution is 0.510. The van der Waals surface area contributed by atoms with Crippen LogP contribution < -0.4 is 5.32 Å². The maximum atomic E-state index is 4.35. The molecule has 2 aromatic heterocycles. The third-order valence-corrected chi connectivity index (χ3v) is 4.63. The molecule has 0 spiro atoms. The summed E-state index contributed by atoms with van der Waals surface area (Å²) in [5.41, 5.74) is 1.34. The van der Waals surface area contributed by atoms with Crippen LogP contribution in [0.3, 0.4) is 0 Å². The van der Waals surface area contributed by atoms with E-state index < -0.39 is 0 Å². The zero-order chi connectivity index (χ0) is 13.0. The molecule has 0 bridgehead atoms. The smallest absolute Gasteiger partial charge is 0.138 e. The molecule has 4 nitrogen and oxygen atoms in total. The molecule has 0 fully saturated rings. The van der Waals surface area contributed by atoms with Crippen LogP contribution in [0.4, 0.5) is 0 Å². The summed E-state index contributed by atoms with van der Waals surface area (Å²) in [6.07, 6.45) is 2.52. The van der Waals surface area contributed by atoms with Gasteiger partial charge in [0.1, 0.15) is 12.2 Å². The van der Waals surface area contributed by atoms with E-state index in [2.05, 4.69) is 63.3 Å². The highest BCUT2D eigenvalue weighted by atomic mass is 127. The molecule has 0 saturated heterocycles. The first-order valence-corrected chi connectivity index (χ1v) is 8.04. The third kappa shape index (κ3) is 3.30. The lowest BCUT2D eigenvalue weighted by atomic mass is 10.1. The van der Waals surface area contributed by atoms with Crippen LogP contribution in [0.2, 0.25) is 0 Å². The molecule has 0 saturated carbocycles. The van der Waals surface area contributed by atoms with E-state index in [4.69, 9.17) is 0 Å². The van der Waals surface area contributed by atoms with Crippen LogP contribution >= 0.6 is 33.9 Å². The van der Waals surface area contributed by atoms with Crippen LogP contribution in [-0.4, -0.2) is 21.3 Å². The largest absolute Gasteiger partial charge is 0.310 e. The maximum absolute atomic E-state index is 4.35. The molecule has 0 aromatic carbocycles. The van der Waals surface area contributed by atoms with E-state index in [1.165, 1.54) is 8.45 Å². The summed E-state index contributed by atoms with van der Waals surface area (Å²) in [6.45, 7) is 6.05. The summed E-state index contributed by atoms with van der Waals surface area (Å²) in [5.74, 6) is 1.05. The third-order valence-electron chi connectivity index (χ3n) is 2.82. The van der Waals surface area contributed by atoms with E-state index in [-0.39, 0.29) is 0 Å². The highest BCUT2D eigenvalue weighted by Crippen LogP contribution is 2.24. The van der Waals surface area contributed by atoms with Crippen LogP contribution in [0.1, 0.15) is 31.3 Å². The number of nitrogens with zero attached hydrogens (tertiary/aromatic N) is 3. The monoisotopic (exact) mass is 376 g/mol. The Morgan fingerprint density at radius 2 is 2.33 bits per heavy atom. The molecule has 18 heavy (non-hydrogen) atoms. The first-order valence-electron chi connectivity index (χ1n) is 6.08. The summed E-state index contributed by atoms with van der Waals surface area (Å²) >= 11 is 4.15. The van der Waals surface area contributed by atoms with Gasteiger partial charge in [0, 0.05) is 19.0 Å². The molecule has 98 valence electrons. The number of likely N-dealkylation sites (N-methyl/N-ethyl adjacent to an activating group) is 1. The van der Waals surface area contributed by atoms with E-state index >= 15 is 0 Å².